The molecule has 3 N–H and O–H groups in total. The standard InChI is InChI=1S/C11H15ClN4O/c1-11(6-2-3-7(11)13)10(17)14-9-5-4-8(12)15-16-9/h4-5,7H,2-3,6,13H2,1H3,(H,14,16,17). The van der Waals surface area contributed by atoms with Crippen LogP contribution in [0.25, 0.3) is 0 Å². The molecule has 0 spiro atoms. The van der Waals surface area contributed by atoms with Gasteiger partial charge in [0.2, 0.25) is 5.91 Å². The molecule has 0 aliphatic heterocycles. The fraction of sp³-hybridized carbons (Fsp3) is 0.545. The zero-order chi connectivity index (χ0) is 12.5. The minimum atomic E-state index is -0.513. The monoisotopic (exact) mass is 254 g/mol. The number of nitrogens with two attached hydrogens (primary N) is 1. The van der Waals surface area contributed by atoms with Crippen molar-refractivity contribution >= 4 is 23.3 Å². The second kappa shape index (κ2) is 4.58. The van der Waals surface area contributed by atoms with E-state index in [-0.39, 0.29) is 11.9 Å². The van der Waals surface area contributed by atoms with Crippen molar-refractivity contribution in [3.8, 4) is 0 Å². The van der Waals surface area contributed by atoms with Crippen LogP contribution in [0, 0.1) is 5.41 Å². The lowest BCUT2D eigenvalue weighted by Crippen LogP contribution is -2.44. The van der Waals surface area contributed by atoms with Crippen LogP contribution in [0.5, 0.6) is 0 Å². The molecule has 1 aromatic rings. The Bertz CT molecular complexity index is 422. The first-order valence-corrected chi connectivity index (χ1v) is 5.96. The van der Waals surface area contributed by atoms with Crippen molar-refractivity contribution in [2.24, 2.45) is 11.1 Å². The summed E-state index contributed by atoms with van der Waals surface area (Å²) in [6, 6.07) is 3.11. The topological polar surface area (TPSA) is 80.9 Å². The van der Waals surface area contributed by atoms with E-state index in [1.54, 1.807) is 12.1 Å². The minimum Gasteiger partial charge on any atom is -0.327 e. The summed E-state index contributed by atoms with van der Waals surface area (Å²) in [4.78, 5) is 12.1. The number of carbonyl (C=O) groups excluding carboxylic acids is 1. The van der Waals surface area contributed by atoms with Gasteiger partial charge in [0, 0.05) is 6.04 Å². The molecule has 0 saturated heterocycles. The van der Waals surface area contributed by atoms with E-state index in [1.807, 2.05) is 6.92 Å². The Morgan fingerprint density at radius 2 is 2.35 bits per heavy atom. The minimum absolute atomic E-state index is 0.0947. The first kappa shape index (κ1) is 12.3. The summed E-state index contributed by atoms with van der Waals surface area (Å²) in [5, 5.41) is 10.5. The molecule has 1 aliphatic carbocycles. The molecule has 2 rings (SSSR count). The van der Waals surface area contributed by atoms with Gasteiger partial charge in [-0.2, -0.15) is 0 Å². The molecule has 2 atom stereocenters. The van der Waals surface area contributed by atoms with E-state index in [0.29, 0.717) is 11.0 Å². The molecule has 0 bridgehead atoms. The molecular weight excluding hydrogens is 240 g/mol. The molecule has 1 aliphatic rings. The molecule has 0 radical (unpaired) electrons. The molecule has 1 saturated carbocycles. The summed E-state index contributed by atoms with van der Waals surface area (Å²) in [6.07, 6.45) is 2.68. The van der Waals surface area contributed by atoms with Gasteiger partial charge >= 0.3 is 0 Å². The van der Waals surface area contributed by atoms with Gasteiger partial charge in [-0.3, -0.25) is 4.79 Å². The zero-order valence-electron chi connectivity index (χ0n) is 9.61. The number of nitrogens with one attached hydrogen (secondary N) is 1. The highest BCUT2D eigenvalue weighted by molar-refractivity contribution is 6.29. The number of halogens is 1. The van der Waals surface area contributed by atoms with Crippen LogP contribution in [0.1, 0.15) is 26.2 Å². The Morgan fingerprint density at radius 1 is 1.59 bits per heavy atom. The number of aromatic nitrogens is 2. The molecule has 0 aromatic carbocycles. The third kappa shape index (κ3) is 2.40. The van der Waals surface area contributed by atoms with E-state index >= 15 is 0 Å². The van der Waals surface area contributed by atoms with Gasteiger partial charge in [0.1, 0.15) is 0 Å². The summed E-state index contributed by atoms with van der Waals surface area (Å²) in [6.45, 7) is 1.89. The lowest BCUT2D eigenvalue weighted by atomic mass is 9.84. The number of hydrogen-bond donors (Lipinski definition) is 2. The third-order valence-corrected chi connectivity index (χ3v) is 3.62. The van der Waals surface area contributed by atoms with E-state index in [9.17, 15) is 4.79 Å². The summed E-state index contributed by atoms with van der Waals surface area (Å²) < 4.78 is 0. The fourth-order valence-corrected chi connectivity index (χ4v) is 2.22. The first-order valence-electron chi connectivity index (χ1n) is 5.58. The third-order valence-electron chi connectivity index (χ3n) is 3.42. The van der Waals surface area contributed by atoms with Crippen LogP contribution in [-0.2, 0) is 4.79 Å². The normalized spacial score (nSPS) is 28.1. The average Bonchev–Trinajstić information content (AvgIpc) is 2.64. The van der Waals surface area contributed by atoms with Crippen molar-refractivity contribution in [1.82, 2.24) is 10.2 Å². The molecule has 1 heterocycles. The lowest BCUT2D eigenvalue weighted by Gasteiger charge is -2.27. The van der Waals surface area contributed by atoms with Crippen LogP contribution in [0.2, 0.25) is 5.15 Å². The lowest BCUT2D eigenvalue weighted by molar-refractivity contribution is -0.125. The van der Waals surface area contributed by atoms with Crippen molar-refractivity contribution < 1.29 is 4.79 Å². The van der Waals surface area contributed by atoms with Gasteiger partial charge in [0.05, 0.1) is 5.41 Å². The quantitative estimate of drug-likeness (QED) is 0.840. The van der Waals surface area contributed by atoms with Crippen LogP contribution in [0.3, 0.4) is 0 Å². The van der Waals surface area contributed by atoms with Crippen LogP contribution in [-0.4, -0.2) is 22.1 Å². The average molecular weight is 255 g/mol. The SMILES string of the molecule is CC1(C(=O)Nc2ccc(Cl)nn2)CCCC1N. The molecule has 92 valence electrons. The Hall–Kier alpha value is -1.20. The van der Waals surface area contributed by atoms with Crippen molar-refractivity contribution in [2.75, 3.05) is 5.32 Å². The van der Waals surface area contributed by atoms with E-state index in [0.717, 1.165) is 19.3 Å². The predicted molar refractivity (Wildman–Crippen MR) is 65.6 cm³/mol. The van der Waals surface area contributed by atoms with Gasteiger partial charge in [-0.15, -0.1) is 10.2 Å². The van der Waals surface area contributed by atoms with E-state index in [2.05, 4.69) is 15.5 Å². The zero-order valence-corrected chi connectivity index (χ0v) is 10.4. The molecule has 17 heavy (non-hydrogen) atoms. The molecular formula is C11H15ClN4O. The highest BCUT2D eigenvalue weighted by atomic mass is 35.5. The first-order chi connectivity index (χ1) is 8.02. The van der Waals surface area contributed by atoms with Crippen molar-refractivity contribution in [2.45, 2.75) is 32.2 Å². The molecule has 1 amide bonds. The number of nitrogens with zero attached hydrogens (tertiary/aromatic N) is 2. The summed E-state index contributed by atoms with van der Waals surface area (Å²) >= 11 is 5.62. The van der Waals surface area contributed by atoms with E-state index in [4.69, 9.17) is 17.3 Å². The van der Waals surface area contributed by atoms with E-state index < -0.39 is 5.41 Å². The smallest absolute Gasteiger partial charge is 0.233 e. The molecule has 1 aromatic heterocycles. The van der Waals surface area contributed by atoms with Gasteiger partial charge in [-0.1, -0.05) is 18.0 Å². The maximum absolute atomic E-state index is 12.1. The van der Waals surface area contributed by atoms with Gasteiger partial charge in [0.25, 0.3) is 0 Å². The van der Waals surface area contributed by atoms with Gasteiger partial charge in [0.15, 0.2) is 11.0 Å². The Labute approximate surface area is 105 Å². The maximum Gasteiger partial charge on any atom is 0.233 e. The molecule has 2 unspecified atom stereocenters. The van der Waals surface area contributed by atoms with Gasteiger partial charge in [-0.05, 0) is 31.9 Å². The summed E-state index contributed by atoms with van der Waals surface area (Å²) in [5.41, 5.74) is 5.46. The Kier molecular flexibility index (Phi) is 3.31. The largest absolute Gasteiger partial charge is 0.327 e. The van der Waals surface area contributed by atoms with Crippen LogP contribution >= 0.6 is 11.6 Å². The Morgan fingerprint density at radius 3 is 2.88 bits per heavy atom. The van der Waals surface area contributed by atoms with Gasteiger partial charge < -0.3 is 11.1 Å². The predicted octanol–water partition coefficient (Wildman–Crippen LogP) is 1.59. The molecule has 6 heteroatoms. The maximum atomic E-state index is 12.1. The van der Waals surface area contributed by atoms with Crippen LogP contribution < -0.4 is 11.1 Å². The van der Waals surface area contributed by atoms with Gasteiger partial charge in [-0.25, -0.2) is 0 Å². The van der Waals surface area contributed by atoms with Crippen LogP contribution in [0.4, 0.5) is 5.82 Å². The summed E-state index contributed by atoms with van der Waals surface area (Å²) in [5.74, 6) is 0.304. The molecule has 1 fully saturated rings. The van der Waals surface area contributed by atoms with Crippen molar-refractivity contribution in [3.05, 3.63) is 17.3 Å². The molecule has 5 nitrogen and oxygen atoms in total. The number of rotatable bonds is 2. The number of amides is 1. The second-order valence-corrected chi connectivity index (χ2v) is 5.00. The number of anilines is 1. The van der Waals surface area contributed by atoms with Crippen LogP contribution in [0.15, 0.2) is 12.1 Å². The number of carbonyl (C=O) groups is 1. The van der Waals surface area contributed by atoms with Crippen molar-refractivity contribution in [1.29, 1.82) is 0 Å². The highest BCUT2D eigenvalue weighted by Gasteiger charge is 2.43. The Balaban J connectivity index is 2.09. The second-order valence-electron chi connectivity index (χ2n) is 4.61. The van der Waals surface area contributed by atoms with E-state index in [1.165, 1.54) is 0 Å². The summed E-state index contributed by atoms with van der Waals surface area (Å²) in [7, 11) is 0. The number of hydrogen-bond acceptors (Lipinski definition) is 4. The fourth-order valence-electron chi connectivity index (χ4n) is 2.12. The van der Waals surface area contributed by atoms with Crippen molar-refractivity contribution in [3.63, 3.8) is 0 Å². The highest BCUT2D eigenvalue weighted by Crippen LogP contribution is 2.37.